The molecular formula is C28H29N7O4S. The monoisotopic (exact) mass is 559 g/mol. The number of piperidine rings is 1. The summed E-state index contributed by atoms with van der Waals surface area (Å²) in [5.74, 6) is 1.15. The molecular weight excluding hydrogens is 530 g/mol. The summed E-state index contributed by atoms with van der Waals surface area (Å²) < 4.78 is 33.0. The number of hydrogen-bond acceptors (Lipinski definition) is 9. The van der Waals surface area contributed by atoms with Gasteiger partial charge in [0.25, 0.3) is 10.0 Å². The molecule has 2 aromatic carbocycles. The number of benzene rings is 2. The number of carbonyl (C=O) groups is 1. The van der Waals surface area contributed by atoms with Crippen LogP contribution in [0.2, 0.25) is 0 Å². The van der Waals surface area contributed by atoms with Crippen LogP contribution in [-0.2, 0) is 14.8 Å². The number of nitrogens with one attached hydrogen (secondary N) is 2. The van der Waals surface area contributed by atoms with Crippen LogP contribution in [0.4, 0.5) is 17.5 Å². The van der Waals surface area contributed by atoms with Crippen LogP contribution >= 0.6 is 0 Å². The van der Waals surface area contributed by atoms with E-state index < -0.39 is 10.0 Å². The Kier molecular flexibility index (Phi) is 7.87. The average Bonchev–Trinajstić information content (AvgIpc) is 2.97. The Balaban J connectivity index is 1.22. The third-order valence-corrected chi connectivity index (χ3v) is 7.95. The number of aryl methyl sites for hydroxylation is 1. The van der Waals surface area contributed by atoms with Gasteiger partial charge in [-0.1, -0.05) is 0 Å². The van der Waals surface area contributed by atoms with Gasteiger partial charge in [0, 0.05) is 42.3 Å². The third kappa shape index (κ3) is 6.34. The number of methoxy groups -OCH3 is 1. The van der Waals surface area contributed by atoms with Crippen molar-refractivity contribution in [3.05, 3.63) is 78.9 Å². The smallest absolute Gasteiger partial charge is 0.264 e. The van der Waals surface area contributed by atoms with E-state index in [0.717, 1.165) is 42.2 Å². The highest BCUT2D eigenvalue weighted by Gasteiger charge is 2.27. The molecule has 1 unspecified atom stereocenters. The SMILES string of the molecule is COc1ccc(-c2cc(N3CCCC(C(=O)Nc4ccc(S(=O)(=O)Nc5nccc(C)n5)cc4)C3)ncn2)cc1. The van der Waals surface area contributed by atoms with Crippen LogP contribution in [0.15, 0.2) is 78.1 Å². The number of nitrogens with zero attached hydrogens (tertiary/aromatic N) is 5. The molecule has 11 nitrogen and oxygen atoms in total. The Morgan fingerprint density at radius 1 is 1.02 bits per heavy atom. The predicted molar refractivity (Wildman–Crippen MR) is 152 cm³/mol. The first-order valence-corrected chi connectivity index (χ1v) is 14.2. The molecule has 12 heteroatoms. The van der Waals surface area contributed by atoms with Gasteiger partial charge >= 0.3 is 0 Å². The number of sulfonamides is 1. The van der Waals surface area contributed by atoms with Crippen molar-refractivity contribution in [2.45, 2.75) is 24.7 Å². The first-order valence-electron chi connectivity index (χ1n) is 12.8. The van der Waals surface area contributed by atoms with Crippen molar-refractivity contribution >= 4 is 33.4 Å². The highest BCUT2D eigenvalue weighted by molar-refractivity contribution is 7.92. The molecule has 0 aliphatic carbocycles. The van der Waals surface area contributed by atoms with Crippen LogP contribution in [0.25, 0.3) is 11.3 Å². The maximum Gasteiger partial charge on any atom is 0.264 e. The summed E-state index contributed by atoms with van der Waals surface area (Å²) in [6, 6.07) is 17.3. The molecule has 0 spiro atoms. The van der Waals surface area contributed by atoms with E-state index in [-0.39, 0.29) is 22.7 Å². The molecule has 40 heavy (non-hydrogen) atoms. The van der Waals surface area contributed by atoms with Crippen LogP contribution in [0, 0.1) is 12.8 Å². The fourth-order valence-corrected chi connectivity index (χ4v) is 5.43. The number of anilines is 3. The maximum absolute atomic E-state index is 13.1. The first kappa shape index (κ1) is 27.0. The Morgan fingerprint density at radius 2 is 1.80 bits per heavy atom. The molecule has 0 bridgehead atoms. The number of carbonyl (C=O) groups excluding carboxylic acids is 1. The minimum absolute atomic E-state index is 0.000890. The Labute approximate surface area is 232 Å². The fourth-order valence-electron chi connectivity index (χ4n) is 4.48. The Morgan fingerprint density at radius 3 is 2.52 bits per heavy atom. The molecule has 5 rings (SSSR count). The van der Waals surface area contributed by atoms with Gasteiger partial charge in [0.05, 0.1) is 23.6 Å². The zero-order chi connectivity index (χ0) is 28.1. The molecule has 2 aromatic heterocycles. The summed E-state index contributed by atoms with van der Waals surface area (Å²) >= 11 is 0. The van der Waals surface area contributed by atoms with Crippen molar-refractivity contribution in [1.29, 1.82) is 0 Å². The molecule has 0 saturated carbocycles. The minimum Gasteiger partial charge on any atom is -0.497 e. The minimum atomic E-state index is -3.87. The van der Waals surface area contributed by atoms with Crippen molar-refractivity contribution in [3.63, 3.8) is 0 Å². The second-order valence-corrected chi connectivity index (χ2v) is 11.1. The number of ether oxygens (including phenoxy) is 1. The van der Waals surface area contributed by atoms with Crippen molar-refractivity contribution in [1.82, 2.24) is 19.9 Å². The lowest BCUT2D eigenvalue weighted by molar-refractivity contribution is -0.120. The van der Waals surface area contributed by atoms with Gasteiger partial charge < -0.3 is 15.0 Å². The zero-order valence-corrected chi connectivity index (χ0v) is 22.9. The molecule has 1 saturated heterocycles. The van der Waals surface area contributed by atoms with Gasteiger partial charge in [-0.25, -0.2) is 33.1 Å². The largest absolute Gasteiger partial charge is 0.497 e. The quantitative estimate of drug-likeness (QED) is 0.329. The van der Waals surface area contributed by atoms with E-state index in [4.69, 9.17) is 4.74 Å². The highest BCUT2D eigenvalue weighted by Crippen LogP contribution is 2.27. The molecule has 3 heterocycles. The van der Waals surface area contributed by atoms with E-state index in [1.165, 1.54) is 24.7 Å². The number of hydrogen-bond donors (Lipinski definition) is 2. The van der Waals surface area contributed by atoms with Crippen LogP contribution in [-0.4, -0.2) is 54.5 Å². The number of rotatable bonds is 8. The van der Waals surface area contributed by atoms with E-state index in [9.17, 15) is 13.2 Å². The lowest BCUT2D eigenvalue weighted by Gasteiger charge is -2.33. The predicted octanol–water partition coefficient (Wildman–Crippen LogP) is 3.91. The third-order valence-electron chi connectivity index (χ3n) is 6.61. The average molecular weight is 560 g/mol. The van der Waals surface area contributed by atoms with Crippen molar-refractivity contribution in [3.8, 4) is 17.0 Å². The number of amides is 1. The summed E-state index contributed by atoms with van der Waals surface area (Å²) in [6.07, 6.45) is 4.60. The topological polar surface area (TPSA) is 139 Å². The molecule has 2 N–H and O–H groups in total. The maximum atomic E-state index is 13.1. The summed E-state index contributed by atoms with van der Waals surface area (Å²) in [6.45, 7) is 3.04. The van der Waals surface area contributed by atoms with Gasteiger partial charge in [0.15, 0.2) is 0 Å². The van der Waals surface area contributed by atoms with E-state index in [2.05, 4.69) is 34.9 Å². The van der Waals surface area contributed by atoms with Gasteiger partial charge in [-0.15, -0.1) is 0 Å². The van der Waals surface area contributed by atoms with Crippen LogP contribution in [0.5, 0.6) is 5.75 Å². The molecule has 1 amide bonds. The summed E-state index contributed by atoms with van der Waals surface area (Å²) in [5, 5.41) is 2.92. The standard InChI is InChI=1S/C28H29N7O4S/c1-19-13-14-29-28(32-19)34-40(37,38)24-11-7-22(8-12-24)33-27(36)21-4-3-15-35(17-21)26-16-25(30-18-31-26)20-5-9-23(39-2)10-6-20/h5-14,16,18,21H,3-4,15,17H2,1-2H3,(H,33,36)(H,29,32,34). The van der Waals surface area contributed by atoms with Crippen LogP contribution in [0.1, 0.15) is 18.5 Å². The first-order chi connectivity index (χ1) is 19.3. The van der Waals surface area contributed by atoms with Crippen molar-refractivity contribution in [2.24, 2.45) is 5.92 Å². The Bertz CT molecular complexity index is 1600. The van der Waals surface area contributed by atoms with Crippen molar-refractivity contribution < 1.29 is 17.9 Å². The second-order valence-electron chi connectivity index (χ2n) is 9.42. The fraction of sp³-hybridized carbons (Fsp3) is 0.250. The van der Waals surface area contributed by atoms with Crippen molar-refractivity contribution in [2.75, 3.05) is 35.1 Å². The van der Waals surface area contributed by atoms with Crippen LogP contribution in [0.3, 0.4) is 0 Å². The highest BCUT2D eigenvalue weighted by atomic mass is 32.2. The Hall–Kier alpha value is -4.58. The lowest BCUT2D eigenvalue weighted by Crippen LogP contribution is -2.41. The molecule has 4 aromatic rings. The zero-order valence-electron chi connectivity index (χ0n) is 22.1. The lowest BCUT2D eigenvalue weighted by atomic mass is 9.97. The van der Waals surface area contributed by atoms with Gasteiger partial charge in [0.1, 0.15) is 17.9 Å². The molecule has 0 radical (unpaired) electrons. The summed E-state index contributed by atoms with van der Waals surface area (Å²) in [7, 11) is -2.25. The van der Waals surface area contributed by atoms with E-state index in [1.54, 1.807) is 32.2 Å². The van der Waals surface area contributed by atoms with Gasteiger partial charge in [-0.2, -0.15) is 0 Å². The molecule has 1 aliphatic rings. The van der Waals surface area contributed by atoms with E-state index in [0.29, 0.717) is 17.9 Å². The van der Waals surface area contributed by atoms with Gasteiger partial charge in [-0.05, 0) is 74.4 Å². The van der Waals surface area contributed by atoms with Crippen LogP contribution < -0.4 is 19.7 Å². The summed E-state index contributed by atoms with van der Waals surface area (Å²) in [5.41, 5.74) is 2.89. The second kappa shape index (κ2) is 11.7. The summed E-state index contributed by atoms with van der Waals surface area (Å²) in [4.78, 5) is 32.1. The number of aromatic nitrogens is 4. The van der Waals surface area contributed by atoms with Gasteiger partial charge in [0.2, 0.25) is 11.9 Å². The molecule has 1 aliphatic heterocycles. The van der Waals surface area contributed by atoms with E-state index in [1.807, 2.05) is 30.3 Å². The molecule has 1 atom stereocenters. The van der Waals surface area contributed by atoms with Gasteiger partial charge in [-0.3, -0.25) is 4.79 Å². The molecule has 1 fully saturated rings. The van der Waals surface area contributed by atoms with E-state index >= 15 is 0 Å². The molecule has 206 valence electrons. The normalized spacial score (nSPS) is 15.3.